The van der Waals surface area contributed by atoms with E-state index < -0.39 is 12.1 Å². The zero-order valence-electron chi connectivity index (χ0n) is 8.47. The number of hydrogen-bond donors (Lipinski definition) is 0. The van der Waals surface area contributed by atoms with Gasteiger partial charge >= 0.3 is 5.97 Å². The lowest BCUT2D eigenvalue weighted by atomic mass is 10.1. The number of carbonyl (C=O) groups excluding carboxylic acids is 1. The zero-order chi connectivity index (χ0) is 11.1. The summed E-state index contributed by atoms with van der Waals surface area (Å²) < 4.78 is 9.85. The first-order chi connectivity index (χ1) is 7.29. The minimum absolute atomic E-state index is 0.0780. The normalized spacial score (nSPS) is 11.5. The van der Waals surface area contributed by atoms with Crippen LogP contribution in [0.15, 0.2) is 30.3 Å². The van der Waals surface area contributed by atoms with Gasteiger partial charge < -0.3 is 9.47 Å². The van der Waals surface area contributed by atoms with E-state index >= 15 is 0 Å². The van der Waals surface area contributed by atoms with Gasteiger partial charge in [-0.3, -0.25) is 0 Å². The fraction of sp³-hybridized carbons (Fsp3) is 0.250. The van der Waals surface area contributed by atoms with Crippen molar-refractivity contribution in [2.45, 2.75) is 6.10 Å². The standard InChI is InChI=1S/C12H12O3/c1-3-9-15-11(12(13)14-2)10-7-5-4-6-8-10/h1,4-8,11H,9H2,2H3/t11-/m0/s1. The summed E-state index contributed by atoms with van der Waals surface area (Å²) in [6.07, 6.45) is 4.33. The van der Waals surface area contributed by atoms with E-state index in [2.05, 4.69) is 10.7 Å². The van der Waals surface area contributed by atoms with Crippen LogP contribution < -0.4 is 0 Å². The van der Waals surface area contributed by atoms with Crippen LogP contribution in [0.5, 0.6) is 0 Å². The molecular weight excluding hydrogens is 192 g/mol. The van der Waals surface area contributed by atoms with Gasteiger partial charge in [-0.1, -0.05) is 36.3 Å². The molecule has 0 aromatic heterocycles. The predicted octanol–water partition coefficient (Wildman–Crippen LogP) is 1.55. The maximum absolute atomic E-state index is 11.4. The van der Waals surface area contributed by atoms with Crippen molar-refractivity contribution in [3.63, 3.8) is 0 Å². The van der Waals surface area contributed by atoms with E-state index in [1.165, 1.54) is 7.11 Å². The third-order valence-corrected chi connectivity index (χ3v) is 1.85. The summed E-state index contributed by atoms with van der Waals surface area (Å²) in [4.78, 5) is 11.4. The summed E-state index contributed by atoms with van der Waals surface area (Å²) in [7, 11) is 1.32. The molecule has 0 amide bonds. The minimum Gasteiger partial charge on any atom is -0.467 e. The summed E-state index contributed by atoms with van der Waals surface area (Å²) in [5.74, 6) is 1.87. The molecule has 0 aliphatic carbocycles. The summed E-state index contributed by atoms with van der Waals surface area (Å²) in [6, 6.07) is 9.09. The number of esters is 1. The van der Waals surface area contributed by atoms with Crippen LogP contribution in [0.1, 0.15) is 11.7 Å². The molecule has 1 aromatic carbocycles. The summed E-state index contributed by atoms with van der Waals surface area (Å²) in [5.41, 5.74) is 0.736. The Labute approximate surface area is 89.0 Å². The fourth-order valence-electron chi connectivity index (χ4n) is 1.17. The molecule has 0 saturated carbocycles. The average molecular weight is 204 g/mol. The van der Waals surface area contributed by atoms with Crippen molar-refractivity contribution in [1.82, 2.24) is 0 Å². The van der Waals surface area contributed by atoms with Gasteiger partial charge in [0.05, 0.1) is 7.11 Å². The van der Waals surface area contributed by atoms with Gasteiger partial charge in [0.1, 0.15) is 6.61 Å². The van der Waals surface area contributed by atoms with Gasteiger partial charge in [-0.05, 0) is 5.56 Å². The third kappa shape index (κ3) is 3.12. The van der Waals surface area contributed by atoms with Gasteiger partial charge in [0, 0.05) is 0 Å². The lowest BCUT2D eigenvalue weighted by Crippen LogP contribution is -2.17. The van der Waals surface area contributed by atoms with Crippen LogP contribution in [0.25, 0.3) is 0 Å². The van der Waals surface area contributed by atoms with Crippen LogP contribution in [0.3, 0.4) is 0 Å². The molecule has 0 aliphatic rings. The largest absolute Gasteiger partial charge is 0.467 e. The van der Waals surface area contributed by atoms with Crippen molar-refractivity contribution >= 4 is 5.97 Å². The van der Waals surface area contributed by atoms with Crippen LogP contribution in [-0.4, -0.2) is 19.7 Å². The van der Waals surface area contributed by atoms with Gasteiger partial charge in [0.15, 0.2) is 6.10 Å². The number of carbonyl (C=O) groups is 1. The molecule has 15 heavy (non-hydrogen) atoms. The topological polar surface area (TPSA) is 35.5 Å². The van der Waals surface area contributed by atoms with Crippen LogP contribution in [0.4, 0.5) is 0 Å². The third-order valence-electron chi connectivity index (χ3n) is 1.85. The number of hydrogen-bond acceptors (Lipinski definition) is 3. The smallest absolute Gasteiger partial charge is 0.339 e. The van der Waals surface area contributed by atoms with E-state index in [1.54, 1.807) is 12.1 Å². The highest BCUT2D eigenvalue weighted by atomic mass is 16.6. The Balaban J connectivity index is 2.82. The predicted molar refractivity (Wildman–Crippen MR) is 56.0 cm³/mol. The van der Waals surface area contributed by atoms with Crippen molar-refractivity contribution in [1.29, 1.82) is 0 Å². The molecule has 0 heterocycles. The highest BCUT2D eigenvalue weighted by Gasteiger charge is 2.21. The molecular formula is C12H12O3. The number of rotatable bonds is 4. The molecule has 0 saturated heterocycles. The van der Waals surface area contributed by atoms with Crippen LogP contribution in [0, 0.1) is 12.3 Å². The Hall–Kier alpha value is -1.79. The van der Waals surface area contributed by atoms with Crippen molar-refractivity contribution < 1.29 is 14.3 Å². The van der Waals surface area contributed by atoms with Gasteiger partial charge in [0.2, 0.25) is 0 Å². The summed E-state index contributed by atoms with van der Waals surface area (Å²) >= 11 is 0. The lowest BCUT2D eigenvalue weighted by Gasteiger charge is -2.14. The quantitative estimate of drug-likeness (QED) is 0.551. The van der Waals surface area contributed by atoms with Gasteiger partial charge in [0.25, 0.3) is 0 Å². The molecule has 0 fully saturated rings. The van der Waals surface area contributed by atoms with Gasteiger partial charge in [-0.2, -0.15) is 0 Å². The average Bonchev–Trinajstić information content (AvgIpc) is 2.30. The van der Waals surface area contributed by atoms with E-state index in [1.807, 2.05) is 18.2 Å². The summed E-state index contributed by atoms with van der Waals surface area (Å²) in [5, 5.41) is 0. The number of benzene rings is 1. The van der Waals surface area contributed by atoms with E-state index in [0.29, 0.717) is 0 Å². The van der Waals surface area contributed by atoms with Crippen molar-refractivity contribution in [2.75, 3.05) is 13.7 Å². The molecule has 78 valence electrons. The molecule has 1 rings (SSSR count). The number of ether oxygens (including phenoxy) is 2. The van der Waals surface area contributed by atoms with Gasteiger partial charge in [-0.25, -0.2) is 4.79 Å². The molecule has 0 radical (unpaired) electrons. The molecule has 0 N–H and O–H groups in total. The highest BCUT2D eigenvalue weighted by molar-refractivity contribution is 5.76. The zero-order valence-corrected chi connectivity index (χ0v) is 8.47. The highest BCUT2D eigenvalue weighted by Crippen LogP contribution is 2.18. The van der Waals surface area contributed by atoms with Gasteiger partial charge in [-0.15, -0.1) is 6.42 Å². The molecule has 1 atom stereocenters. The molecule has 0 spiro atoms. The van der Waals surface area contributed by atoms with Crippen LogP contribution in [-0.2, 0) is 14.3 Å². The molecule has 0 unspecified atom stereocenters. The first-order valence-electron chi connectivity index (χ1n) is 4.47. The van der Waals surface area contributed by atoms with Crippen molar-refractivity contribution in [2.24, 2.45) is 0 Å². The van der Waals surface area contributed by atoms with Crippen LogP contribution >= 0.6 is 0 Å². The van der Waals surface area contributed by atoms with E-state index in [4.69, 9.17) is 11.2 Å². The number of methoxy groups -OCH3 is 1. The Kier molecular flexibility index (Phi) is 4.39. The molecule has 3 heteroatoms. The second kappa shape index (κ2) is 5.84. The summed E-state index contributed by atoms with van der Waals surface area (Å²) in [6.45, 7) is 0.0780. The Bertz CT molecular complexity index is 351. The second-order valence-corrected chi connectivity index (χ2v) is 2.83. The SMILES string of the molecule is C#CCO[C@H](C(=O)OC)c1ccccc1. The first-order valence-corrected chi connectivity index (χ1v) is 4.47. The molecule has 0 bridgehead atoms. The number of terminal acetylenes is 1. The fourth-order valence-corrected chi connectivity index (χ4v) is 1.17. The maximum atomic E-state index is 11.4. The minimum atomic E-state index is -0.743. The van der Waals surface area contributed by atoms with E-state index in [-0.39, 0.29) is 6.61 Å². The van der Waals surface area contributed by atoms with Crippen molar-refractivity contribution in [3.05, 3.63) is 35.9 Å². The molecule has 3 nitrogen and oxygen atoms in total. The van der Waals surface area contributed by atoms with Crippen molar-refractivity contribution in [3.8, 4) is 12.3 Å². The monoisotopic (exact) mass is 204 g/mol. The molecule has 0 aliphatic heterocycles. The molecule has 1 aromatic rings. The maximum Gasteiger partial charge on any atom is 0.339 e. The first kappa shape index (κ1) is 11.3. The Morgan fingerprint density at radius 2 is 2.13 bits per heavy atom. The van der Waals surface area contributed by atoms with E-state index in [0.717, 1.165) is 5.56 Å². The Morgan fingerprint density at radius 3 is 2.67 bits per heavy atom. The van der Waals surface area contributed by atoms with E-state index in [9.17, 15) is 4.79 Å². The van der Waals surface area contributed by atoms with Crippen LogP contribution in [0.2, 0.25) is 0 Å². The lowest BCUT2D eigenvalue weighted by molar-refractivity contribution is -0.153. The second-order valence-electron chi connectivity index (χ2n) is 2.83. The Morgan fingerprint density at radius 1 is 1.47 bits per heavy atom.